The van der Waals surface area contributed by atoms with Gasteiger partial charge in [0.05, 0.1) is 16.6 Å². The van der Waals surface area contributed by atoms with Crippen molar-refractivity contribution in [2.24, 2.45) is 0 Å². The second-order valence-corrected chi connectivity index (χ2v) is 6.61. The number of fused-ring (bicyclic) bond motifs is 2. The van der Waals surface area contributed by atoms with E-state index < -0.39 is 6.10 Å². The lowest BCUT2D eigenvalue weighted by molar-refractivity contribution is 0.0875. The van der Waals surface area contributed by atoms with Crippen LogP contribution >= 0.6 is 11.6 Å². The second-order valence-electron chi connectivity index (χ2n) is 6.21. The molecule has 1 aliphatic heterocycles. The van der Waals surface area contributed by atoms with Gasteiger partial charge in [-0.2, -0.15) is 0 Å². The lowest BCUT2D eigenvalue weighted by Crippen LogP contribution is -2.33. The summed E-state index contributed by atoms with van der Waals surface area (Å²) in [5.74, 6) is 0. The Morgan fingerprint density at radius 1 is 1.21 bits per heavy atom. The van der Waals surface area contributed by atoms with Gasteiger partial charge in [0.1, 0.15) is 0 Å². The molecule has 1 aromatic heterocycles. The summed E-state index contributed by atoms with van der Waals surface area (Å²) in [6, 6.07) is 14.9. The Hall–Kier alpha value is -2.14. The van der Waals surface area contributed by atoms with E-state index in [0.29, 0.717) is 29.0 Å². The van der Waals surface area contributed by atoms with Crippen LogP contribution in [0.2, 0.25) is 5.02 Å². The number of β-amino-alcohol motifs (C(OH)–C–C–N with tert-alkyl or cyclic N) is 1. The quantitative estimate of drug-likeness (QED) is 0.753. The molecule has 122 valence electrons. The number of aliphatic hydroxyl groups excluding tert-OH is 1. The van der Waals surface area contributed by atoms with Crippen molar-refractivity contribution in [2.75, 3.05) is 6.54 Å². The molecule has 2 aromatic carbocycles. The van der Waals surface area contributed by atoms with Crippen molar-refractivity contribution in [3.8, 4) is 0 Å². The lowest BCUT2D eigenvalue weighted by atomic mass is 9.97. The number of aliphatic hydroxyl groups is 1. The number of H-pyrrole nitrogens is 1. The fraction of sp³-hybridized carbons (Fsp3) is 0.211. The van der Waals surface area contributed by atoms with Gasteiger partial charge in [0.15, 0.2) is 5.43 Å². The summed E-state index contributed by atoms with van der Waals surface area (Å²) in [6.45, 7) is 1.84. The average Bonchev–Trinajstić information content (AvgIpc) is 2.56. The first-order valence-electron chi connectivity index (χ1n) is 7.90. The molecule has 0 bridgehead atoms. The van der Waals surface area contributed by atoms with E-state index in [4.69, 9.17) is 11.6 Å². The molecule has 3 aromatic rings. The summed E-state index contributed by atoms with van der Waals surface area (Å²) in [5, 5.41) is 11.5. The van der Waals surface area contributed by atoms with Crippen LogP contribution in [0.25, 0.3) is 10.9 Å². The van der Waals surface area contributed by atoms with Crippen molar-refractivity contribution in [2.45, 2.75) is 19.2 Å². The van der Waals surface area contributed by atoms with Crippen LogP contribution in [-0.2, 0) is 13.1 Å². The minimum Gasteiger partial charge on any atom is -0.387 e. The lowest BCUT2D eigenvalue weighted by Gasteiger charge is -2.32. The zero-order valence-corrected chi connectivity index (χ0v) is 13.8. The van der Waals surface area contributed by atoms with Gasteiger partial charge in [-0.1, -0.05) is 41.9 Å². The third-order valence-corrected chi connectivity index (χ3v) is 4.82. The Balaban J connectivity index is 1.66. The Labute approximate surface area is 144 Å². The number of halogens is 1. The largest absolute Gasteiger partial charge is 0.387 e. The maximum atomic E-state index is 12.3. The predicted molar refractivity (Wildman–Crippen MR) is 95.1 cm³/mol. The smallest absolute Gasteiger partial charge is 0.189 e. The maximum Gasteiger partial charge on any atom is 0.189 e. The molecule has 0 unspecified atom stereocenters. The van der Waals surface area contributed by atoms with Gasteiger partial charge in [-0.25, -0.2) is 0 Å². The van der Waals surface area contributed by atoms with E-state index >= 15 is 0 Å². The number of aromatic nitrogens is 1. The topological polar surface area (TPSA) is 56.3 Å². The van der Waals surface area contributed by atoms with E-state index in [1.165, 1.54) is 0 Å². The van der Waals surface area contributed by atoms with Crippen molar-refractivity contribution in [3.05, 3.63) is 80.6 Å². The summed E-state index contributed by atoms with van der Waals surface area (Å²) in [4.78, 5) is 17.7. The molecule has 2 N–H and O–H groups in total. The summed E-state index contributed by atoms with van der Waals surface area (Å²) in [7, 11) is 0. The first-order valence-corrected chi connectivity index (χ1v) is 8.28. The summed E-state index contributed by atoms with van der Waals surface area (Å²) >= 11 is 6.21. The van der Waals surface area contributed by atoms with Gasteiger partial charge >= 0.3 is 0 Å². The Morgan fingerprint density at radius 3 is 2.92 bits per heavy atom. The third kappa shape index (κ3) is 2.73. The molecule has 0 saturated carbocycles. The third-order valence-electron chi connectivity index (χ3n) is 4.50. The number of nitrogens with one attached hydrogen (secondary N) is 1. The summed E-state index contributed by atoms with van der Waals surface area (Å²) in [5.41, 5.74) is 3.53. The molecule has 1 atom stereocenters. The van der Waals surface area contributed by atoms with Gasteiger partial charge in [-0.05, 0) is 23.3 Å². The minimum absolute atomic E-state index is 0.0424. The zero-order valence-electron chi connectivity index (χ0n) is 13.0. The number of pyridine rings is 1. The summed E-state index contributed by atoms with van der Waals surface area (Å²) in [6.07, 6.45) is -0.509. The SMILES string of the molecule is O=c1cc(CN2Cc3ccccc3[C@H](O)C2)[nH]c2c(Cl)cccc12. The second kappa shape index (κ2) is 6.06. The van der Waals surface area contributed by atoms with E-state index in [9.17, 15) is 9.90 Å². The number of hydrogen-bond acceptors (Lipinski definition) is 3. The van der Waals surface area contributed by atoms with E-state index in [1.54, 1.807) is 24.3 Å². The van der Waals surface area contributed by atoms with Crippen LogP contribution in [0, 0.1) is 0 Å². The monoisotopic (exact) mass is 340 g/mol. The van der Waals surface area contributed by atoms with Gasteiger partial charge < -0.3 is 10.1 Å². The normalized spacial score (nSPS) is 17.8. The number of aromatic amines is 1. The van der Waals surface area contributed by atoms with E-state index in [1.807, 2.05) is 24.3 Å². The first-order chi connectivity index (χ1) is 11.6. The minimum atomic E-state index is -0.509. The number of rotatable bonds is 2. The van der Waals surface area contributed by atoms with Crippen LogP contribution in [0.1, 0.15) is 22.9 Å². The number of para-hydroxylation sites is 1. The molecule has 2 heterocycles. The zero-order chi connectivity index (χ0) is 16.7. The van der Waals surface area contributed by atoms with Crippen molar-refractivity contribution in [1.82, 2.24) is 9.88 Å². The summed E-state index contributed by atoms with van der Waals surface area (Å²) < 4.78 is 0. The Morgan fingerprint density at radius 2 is 2.04 bits per heavy atom. The number of nitrogens with zero attached hydrogens (tertiary/aromatic N) is 1. The van der Waals surface area contributed by atoms with Gasteiger partial charge in [-0.15, -0.1) is 0 Å². The van der Waals surface area contributed by atoms with Crippen LogP contribution in [0.15, 0.2) is 53.3 Å². The molecule has 5 heteroatoms. The fourth-order valence-electron chi connectivity index (χ4n) is 3.39. The molecule has 24 heavy (non-hydrogen) atoms. The molecule has 4 nitrogen and oxygen atoms in total. The predicted octanol–water partition coefficient (Wildman–Crippen LogP) is 3.23. The maximum absolute atomic E-state index is 12.3. The van der Waals surface area contributed by atoms with Crippen LogP contribution in [0.3, 0.4) is 0 Å². The number of hydrogen-bond donors (Lipinski definition) is 2. The average molecular weight is 341 g/mol. The first kappa shape index (κ1) is 15.4. The highest BCUT2D eigenvalue weighted by Crippen LogP contribution is 2.27. The van der Waals surface area contributed by atoms with Gasteiger partial charge in [-0.3, -0.25) is 9.69 Å². The van der Waals surface area contributed by atoms with Crippen molar-refractivity contribution < 1.29 is 5.11 Å². The van der Waals surface area contributed by atoms with E-state index in [2.05, 4.69) is 9.88 Å². The van der Waals surface area contributed by atoms with Crippen LogP contribution in [0.5, 0.6) is 0 Å². The fourth-order valence-corrected chi connectivity index (χ4v) is 3.61. The van der Waals surface area contributed by atoms with Crippen LogP contribution in [0.4, 0.5) is 0 Å². The standard InChI is InChI=1S/C19H17ClN2O2/c20-16-7-3-6-15-17(23)8-13(21-19(15)16)10-22-9-12-4-1-2-5-14(12)18(24)11-22/h1-8,18,24H,9-11H2,(H,21,23)/t18-/m1/s1. The van der Waals surface area contributed by atoms with E-state index in [-0.39, 0.29) is 5.43 Å². The molecule has 0 saturated heterocycles. The molecular weight excluding hydrogens is 324 g/mol. The van der Waals surface area contributed by atoms with Gasteiger partial charge in [0.2, 0.25) is 0 Å². The highest BCUT2D eigenvalue weighted by molar-refractivity contribution is 6.35. The Kier molecular flexibility index (Phi) is 3.88. The highest BCUT2D eigenvalue weighted by atomic mass is 35.5. The highest BCUT2D eigenvalue weighted by Gasteiger charge is 2.23. The molecule has 1 aliphatic rings. The van der Waals surface area contributed by atoms with Crippen molar-refractivity contribution in [3.63, 3.8) is 0 Å². The van der Waals surface area contributed by atoms with Crippen molar-refractivity contribution >= 4 is 22.5 Å². The van der Waals surface area contributed by atoms with Crippen LogP contribution < -0.4 is 5.43 Å². The molecule has 4 rings (SSSR count). The number of benzene rings is 2. The Bertz CT molecular complexity index is 967. The van der Waals surface area contributed by atoms with Crippen LogP contribution in [-0.4, -0.2) is 21.5 Å². The molecular formula is C19H17ClN2O2. The van der Waals surface area contributed by atoms with E-state index in [0.717, 1.165) is 23.4 Å². The molecule has 0 amide bonds. The van der Waals surface area contributed by atoms with Gasteiger partial charge in [0.25, 0.3) is 0 Å². The molecule has 0 radical (unpaired) electrons. The van der Waals surface area contributed by atoms with Crippen molar-refractivity contribution in [1.29, 1.82) is 0 Å². The van der Waals surface area contributed by atoms with Gasteiger partial charge in [0, 0.05) is 36.8 Å². The molecule has 0 fully saturated rings. The molecule has 0 aliphatic carbocycles. The molecule has 0 spiro atoms.